The van der Waals surface area contributed by atoms with Gasteiger partial charge in [-0.3, -0.25) is 4.79 Å². The molecule has 1 amide bonds. The fourth-order valence-corrected chi connectivity index (χ4v) is 3.47. The average molecular weight is 383 g/mol. The first kappa shape index (κ1) is 22.9. The Morgan fingerprint density at radius 3 is 2.31 bits per heavy atom. The van der Waals surface area contributed by atoms with Crippen LogP contribution < -0.4 is 11.1 Å². The molecule has 0 aromatic heterocycles. The molecule has 0 spiro atoms. The molecule has 0 saturated heterocycles. The van der Waals surface area contributed by atoms with Gasteiger partial charge in [0.05, 0.1) is 6.10 Å². The molecular weight excluding hydrogens is 348 g/mol. The van der Waals surface area contributed by atoms with E-state index < -0.39 is 5.54 Å². The van der Waals surface area contributed by atoms with E-state index in [0.29, 0.717) is 19.6 Å². The lowest BCUT2D eigenvalue weighted by Gasteiger charge is -2.57. The Kier molecular flexibility index (Phi) is 7.31. The summed E-state index contributed by atoms with van der Waals surface area (Å²) in [5.74, 6) is -0.0697. The standard InChI is InChI=1S/C21H34N2O2.ClH/c1-7-25-17-14-21(22,20(17,5)6)18(24)23-13-12-15-8-10-16(11-9-15)19(2,3)4;/h8-11,17H,7,12-14,22H2,1-6H3,(H,23,24);1H. The van der Waals surface area contributed by atoms with Crippen molar-refractivity contribution in [3.8, 4) is 0 Å². The van der Waals surface area contributed by atoms with Gasteiger partial charge in [-0.15, -0.1) is 12.4 Å². The topological polar surface area (TPSA) is 64.3 Å². The fourth-order valence-electron chi connectivity index (χ4n) is 3.47. The first-order valence-corrected chi connectivity index (χ1v) is 9.30. The number of ether oxygens (including phenoxy) is 1. The van der Waals surface area contributed by atoms with E-state index in [-0.39, 0.29) is 35.2 Å². The Morgan fingerprint density at radius 1 is 1.27 bits per heavy atom. The second kappa shape index (κ2) is 8.28. The second-order valence-corrected chi connectivity index (χ2v) is 8.79. The Balaban J connectivity index is 0.00000338. The minimum absolute atomic E-state index is 0. The highest BCUT2D eigenvalue weighted by atomic mass is 35.5. The highest BCUT2D eigenvalue weighted by molar-refractivity contribution is 5.88. The van der Waals surface area contributed by atoms with Crippen molar-refractivity contribution in [1.29, 1.82) is 0 Å². The van der Waals surface area contributed by atoms with Crippen LogP contribution in [0.2, 0.25) is 0 Å². The molecule has 2 atom stereocenters. The predicted molar refractivity (Wildman–Crippen MR) is 110 cm³/mol. The Hall–Kier alpha value is -1.10. The number of carbonyl (C=O) groups is 1. The molecule has 1 aliphatic carbocycles. The van der Waals surface area contributed by atoms with Gasteiger partial charge >= 0.3 is 0 Å². The second-order valence-electron chi connectivity index (χ2n) is 8.79. The number of amides is 1. The maximum absolute atomic E-state index is 12.6. The number of nitrogens with two attached hydrogens (primary N) is 1. The zero-order valence-electron chi connectivity index (χ0n) is 17.0. The minimum Gasteiger partial charge on any atom is -0.378 e. The third-order valence-electron chi connectivity index (χ3n) is 5.75. The molecule has 0 radical (unpaired) electrons. The molecule has 1 aromatic carbocycles. The van der Waals surface area contributed by atoms with E-state index in [1.54, 1.807) is 0 Å². The first-order valence-electron chi connectivity index (χ1n) is 9.30. The largest absolute Gasteiger partial charge is 0.378 e. The van der Waals surface area contributed by atoms with Crippen molar-refractivity contribution < 1.29 is 9.53 Å². The van der Waals surface area contributed by atoms with E-state index in [9.17, 15) is 4.79 Å². The summed E-state index contributed by atoms with van der Waals surface area (Å²) in [5, 5.41) is 3.02. The van der Waals surface area contributed by atoms with Crippen molar-refractivity contribution >= 4 is 18.3 Å². The van der Waals surface area contributed by atoms with Gasteiger partial charge < -0.3 is 15.8 Å². The SMILES string of the molecule is CCOC1CC(N)(C(=O)NCCc2ccc(C(C)(C)C)cc2)C1(C)C.Cl. The van der Waals surface area contributed by atoms with Crippen LogP contribution in [0.3, 0.4) is 0 Å². The Morgan fingerprint density at radius 2 is 1.85 bits per heavy atom. The van der Waals surface area contributed by atoms with E-state index in [2.05, 4.69) is 50.4 Å². The summed E-state index contributed by atoms with van der Waals surface area (Å²) in [7, 11) is 0. The van der Waals surface area contributed by atoms with Crippen LogP contribution in [0.4, 0.5) is 0 Å². The maximum Gasteiger partial charge on any atom is 0.240 e. The lowest BCUT2D eigenvalue weighted by Crippen LogP contribution is -2.75. The molecule has 1 aliphatic rings. The van der Waals surface area contributed by atoms with Crippen LogP contribution in [0.25, 0.3) is 0 Å². The molecule has 1 fully saturated rings. The van der Waals surface area contributed by atoms with Gasteiger partial charge in [0, 0.05) is 25.0 Å². The fraction of sp³-hybridized carbons (Fsp3) is 0.667. The maximum atomic E-state index is 12.6. The smallest absolute Gasteiger partial charge is 0.240 e. The van der Waals surface area contributed by atoms with Crippen LogP contribution in [0.15, 0.2) is 24.3 Å². The molecule has 0 bridgehead atoms. The van der Waals surface area contributed by atoms with Crippen molar-refractivity contribution in [3.63, 3.8) is 0 Å². The van der Waals surface area contributed by atoms with Gasteiger partial charge in [-0.05, 0) is 29.9 Å². The monoisotopic (exact) mass is 382 g/mol. The summed E-state index contributed by atoms with van der Waals surface area (Å²) in [6, 6.07) is 8.62. The molecule has 2 rings (SSSR count). The van der Waals surface area contributed by atoms with Gasteiger partial charge in [-0.25, -0.2) is 0 Å². The molecule has 1 aromatic rings. The number of benzene rings is 1. The van der Waals surface area contributed by atoms with Crippen LogP contribution in [0, 0.1) is 5.41 Å². The summed E-state index contributed by atoms with van der Waals surface area (Å²) in [5.41, 5.74) is 7.91. The number of hydrogen-bond acceptors (Lipinski definition) is 3. The van der Waals surface area contributed by atoms with Gasteiger partial charge in [0.15, 0.2) is 0 Å². The first-order chi connectivity index (χ1) is 11.5. The highest BCUT2D eigenvalue weighted by Gasteiger charge is 2.62. The van der Waals surface area contributed by atoms with Gasteiger partial charge in [0.1, 0.15) is 5.54 Å². The molecule has 26 heavy (non-hydrogen) atoms. The summed E-state index contributed by atoms with van der Waals surface area (Å²) in [6.07, 6.45) is 1.44. The van der Waals surface area contributed by atoms with Crippen molar-refractivity contribution in [2.45, 2.75) is 71.4 Å². The lowest BCUT2D eigenvalue weighted by molar-refractivity contribution is -0.170. The zero-order chi connectivity index (χ0) is 18.9. The van der Waals surface area contributed by atoms with Gasteiger partial charge in [0.2, 0.25) is 5.91 Å². The molecule has 2 unspecified atom stereocenters. The van der Waals surface area contributed by atoms with Crippen LogP contribution in [-0.4, -0.2) is 30.7 Å². The predicted octanol–water partition coefficient (Wildman–Crippen LogP) is 3.60. The van der Waals surface area contributed by atoms with Crippen molar-refractivity contribution in [2.24, 2.45) is 11.1 Å². The zero-order valence-corrected chi connectivity index (χ0v) is 17.8. The summed E-state index contributed by atoms with van der Waals surface area (Å²) in [6.45, 7) is 13.9. The summed E-state index contributed by atoms with van der Waals surface area (Å²) in [4.78, 5) is 12.6. The third kappa shape index (κ3) is 4.41. The quantitative estimate of drug-likeness (QED) is 0.790. The van der Waals surface area contributed by atoms with E-state index in [4.69, 9.17) is 10.5 Å². The molecule has 1 saturated carbocycles. The van der Waals surface area contributed by atoms with E-state index in [1.807, 2.05) is 20.8 Å². The van der Waals surface area contributed by atoms with Crippen LogP contribution in [0.1, 0.15) is 59.1 Å². The van der Waals surface area contributed by atoms with E-state index in [0.717, 1.165) is 6.42 Å². The van der Waals surface area contributed by atoms with Gasteiger partial charge in [-0.1, -0.05) is 58.9 Å². The molecule has 3 N–H and O–H groups in total. The average Bonchev–Trinajstić information content (AvgIpc) is 2.54. The Labute approximate surface area is 164 Å². The number of hydrogen-bond donors (Lipinski definition) is 2. The van der Waals surface area contributed by atoms with Crippen molar-refractivity contribution in [2.75, 3.05) is 13.2 Å². The molecule has 4 nitrogen and oxygen atoms in total. The third-order valence-corrected chi connectivity index (χ3v) is 5.75. The van der Waals surface area contributed by atoms with E-state index in [1.165, 1.54) is 11.1 Å². The Bertz CT molecular complexity index is 607. The van der Waals surface area contributed by atoms with Crippen LogP contribution in [-0.2, 0) is 21.4 Å². The highest BCUT2D eigenvalue weighted by Crippen LogP contribution is 2.49. The van der Waals surface area contributed by atoms with Crippen LogP contribution >= 0.6 is 12.4 Å². The lowest BCUT2D eigenvalue weighted by atomic mass is 9.54. The molecule has 0 heterocycles. The van der Waals surface area contributed by atoms with Crippen molar-refractivity contribution in [3.05, 3.63) is 35.4 Å². The molecule has 5 heteroatoms. The van der Waals surface area contributed by atoms with Gasteiger partial charge in [0.25, 0.3) is 0 Å². The molecular formula is C21H35ClN2O2. The van der Waals surface area contributed by atoms with Crippen LogP contribution in [0.5, 0.6) is 0 Å². The number of rotatable bonds is 6. The normalized spacial score (nSPS) is 24.3. The van der Waals surface area contributed by atoms with Crippen molar-refractivity contribution in [1.82, 2.24) is 5.32 Å². The summed E-state index contributed by atoms with van der Waals surface area (Å²) < 4.78 is 5.69. The molecule has 148 valence electrons. The number of nitrogens with one attached hydrogen (secondary N) is 1. The minimum atomic E-state index is -0.844. The van der Waals surface area contributed by atoms with Gasteiger partial charge in [-0.2, -0.15) is 0 Å². The summed E-state index contributed by atoms with van der Waals surface area (Å²) >= 11 is 0. The molecule has 0 aliphatic heterocycles. The number of halogens is 1. The number of carbonyl (C=O) groups excluding carboxylic acids is 1. The van der Waals surface area contributed by atoms with E-state index >= 15 is 0 Å².